The monoisotopic (exact) mass is 791 g/mol. The SMILES string of the molecule is CC(C)C[C@H](O)[C@H](O)[C@H](CC1CCCCC1)N(CC1CCCCC1)C(=O)[C@@H](CC(=O)NCC(=O)N(C)CCN(C)C(=O)N1CCOCC1)Cc1csc(N)n1. The van der Waals surface area contributed by atoms with E-state index in [9.17, 15) is 24.6 Å². The summed E-state index contributed by atoms with van der Waals surface area (Å²) in [6.07, 6.45) is 9.70. The van der Waals surface area contributed by atoms with E-state index in [1.807, 2.05) is 18.7 Å². The van der Waals surface area contributed by atoms with Crippen LogP contribution >= 0.6 is 11.3 Å². The van der Waals surface area contributed by atoms with E-state index < -0.39 is 30.1 Å². The Labute approximate surface area is 332 Å². The molecule has 3 fully saturated rings. The average Bonchev–Trinajstić information content (AvgIpc) is 3.60. The maximum absolute atomic E-state index is 15.0. The van der Waals surface area contributed by atoms with Gasteiger partial charge in [-0.15, -0.1) is 11.3 Å². The van der Waals surface area contributed by atoms with E-state index >= 15 is 4.79 Å². The lowest BCUT2D eigenvalue weighted by Gasteiger charge is -2.42. The fourth-order valence-corrected chi connectivity index (χ4v) is 8.98. The Kier molecular flexibility index (Phi) is 18.4. The molecule has 4 rings (SSSR count). The van der Waals surface area contributed by atoms with E-state index in [1.165, 1.54) is 22.7 Å². The van der Waals surface area contributed by atoms with E-state index in [0.29, 0.717) is 69.0 Å². The van der Waals surface area contributed by atoms with Gasteiger partial charge in [-0.3, -0.25) is 14.4 Å². The van der Waals surface area contributed by atoms with Gasteiger partial charge in [-0.1, -0.05) is 65.2 Å². The van der Waals surface area contributed by atoms with Crippen molar-refractivity contribution in [1.29, 1.82) is 0 Å². The highest BCUT2D eigenvalue weighted by atomic mass is 32.1. The molecule has 1 aromatic heterocycles. The molecule has 15 heteroatoms. The lowest BCUT2D eigenvalue weighted by atomic mass is 9.80. The molecule has 2 heterocycles. The Morgan fingerprint density at radius 1 is 0.964 bits per heavy atom. The van der Waals surface area contributed by atoms with Crippen molar-refractivity contribution >= 4 is 40.2 Å². The number of urea groups is 1. The number of aromatic nitrogens is 1. The summed E-state index contributed by atoms with van der Waals surface area (Å²) in [5.41, 5.74) is 6.60. The number of carbonyl (C=O) groups is 4. The highest BCUT2D eigenvalue weighted by Gasteiger charge is 2.40. The number of nitrogens with two attached hydrogens (primary N) is 1. The first kappa shape index (κ1) is 44.7. The molecule has 5 N–H and O–H groups in total. The molecule has 0 radical (unpaired) electrons. The van der Waals surface area contributed by atoms with Gasteiger partial charge in [0.05, 0.1) is 43.5 Å². The summed E-state index contributed by atoms with van der Waals surface area (Å²) in [6, 6.07) is -0.712. The number of amides is 5. The first-order chi connectivity index (χ1) is 26.3. The van der Waals surface area contributed by atoms with Gasteiger partial charge < -0.3 is 45.6 Å². The first-order valence-electron chi connectivity index (χ1n) is 20.8. The zero-order valence-corrected chi connectivity index (χ0v) is 34.6. The molecule has 0 spiro atoms. The van der Waals surface area contributed by atoms with Crippen LogP contribution < -0.4 is 11.1 Å². The number of morpholine rings is 1. The number of likely N-dealkylation sites (N-methyl/N-ethyl adjacent to an activating group) is 2. The molecule has 14 nitrogen and oxygen atoms in total. The maximum atomic E-state index is 15.0. The largest absolute Gasteiger partial charge is 0.390 e. The number of nitrogens with one attached hydrogen (secondary N) is 1. The van der Waals surface area contributed by atoms with E-state index in [2.05, 4.69) is 10.3 Å². The van der Waals surface area contributed by atoms with Crippen molar-refractivity contribution < 1.29 is 34.1 Å². The lowest BCUT2D eigenvalue weighted by molar-refractivity contribution is -0.147. The second-order valence-corrected chi connectivity index (χ2v) is 17.6. The predicted molar refractivity (Wildman–Crippen MR) is 214 cm³/mol. The summed E-state index contributed by atoms with van der Waals surface area (Å²) in [6.45, 7) is 6.93. The van der Waals surface area contributed by atoms with Crippen molar-refractivity contribution in [3.05, 3.63) is 11.1 Å². The molecular weight excluding hydrogens is 723 g/mol. The van der Waals surface area contributed by atoms with Crippen LogP contribution in [-0.4, -0.2) is 143 Å². The number of carbonyl (C=O) groups excluding carboxylic acids is 4. The molecule has 2 aliphatic carbocycles. The molecule has 1 saturated heterocycles. The number of thiazole rings is 1. The summed E-state index contributed by atoms with van der Waals surface area (Å²) in [5.74, 6) is -1.05. The number of aliphatic hydroxyl groups excluding tert-OH is 2. The summed E-state index contributed by atoms with van der Waals surface area (Å²) < 4.78 is 5.34. The minimum Gasteiger partial charge on any atom is -0.390 e. The second kappa shape index (κ2) is 22.7. The van der Waals surface area contributed by atoms with Crippen LogP contribution in [0.1, 0.15) is 103 Å². The number of hydrogen-bond acceptors (Lipinski definition) is 10. The Hall–Kier alpha value is -3.01. The molecular formula is C40H69N7O7S. The van der Waals surface area contributed by atoms with Crippen molar-refractivity contribution in [1.82, 2.24) is 29.9 Å². The molecule has 312 valence electrons. The van der Waals surface area contributed by atoms with Crippen LogP contribution in [0.3, 0.4) is 0 Å². The first-order valence-corrected chi connectivity index (χ1v) is 21.6. The van der Waals surface area contributed by atoms with Crippen molar-refractivity contribution in [3.8, 4) is 0 Å². The third kappa shape index (κ3) is 14.5. The fraction of sp³-hybridized carbons (Fsp3) is 0.825. The molecule has 2 saturated carbocycles. The van der Waals surface area contributed by atoms with E-state index in [4.69, 9.17) is 10.5 Å². The van der Waals surface area contributed by atoms with Gasteiger partial charge in [0.15, 0.2) is 5.13 Å². The Balaban J connectivity index is 1.49. The molecule has 1 aromatic rings. The minimum absolute atomic E-state index is 0.115. The van der Waals surface area contributed by atoms with Gasteiger partial charge in [0, 0.05) is 65.0 Å². The van der Waals surface area contributed by atoms with Gasteiger partial charge in [0.2, 0.25) is 17.7 Å². The standard InChI is InChI=1S/C40H69N7O7S/c1-28(2)21-34(48)37(51)33(22-29-11-7-5-8-12-29)47(26-30-13-9-6-10-14-30)38(52)31(23-32-27-55-39(41)43-32)24-35(49)42-25-36(50)44(3)15-16-45(4)40(53)46-17-19-54-20-18-46/h27-31,33-34,37,48,51H,5-26H2,1-4H3,(H2,41,43)(H,42,49)/t31-,33+,34+,37-/m1/s1. The third-order valence-electron chi connectivity index (χ3n) is 11.7. The van der Waals surface area contributed by atoms with Crippen LogP contribution in [0.25, 0.3) is 0 Å². The van der Waals surface area contributed by atoms with Gasteiger partial charge in [0.1, 0.15) is 6.10 Å². The van der Waals surface area contributed by atoms with Crippen LogP contribution in [0.2, 0.25) is 0 Å². The van der Waals surface area contributed by atoms with Gasteiger partial charge in [0.25, 0.3) is 0 Å². The van der Waals surface area contributed by atoms with Crippen molar-refractivity contribution in [2.75, 3.05) is 72.3 Å². The molecule has 0 bridgehead atoms. The van der Waals surface area contributed by atoms with Gasteiger partial charge >= 0.3 is 6.03 Å². The molecule has 4 atom stereocenters. The van der Waals surface area contributed by atoms with Crippen LogP contribution in [0.5, 0.6) is 0 Å². The zero-order valence-electron chi connectivity index (χ0n) is 33.8. The average molecular weight is 792 g/mol. The van der Waals surface area contributed by atoms with Gasteiger partial charge in [-0.05, 0) is 43.4 Å². The smallest absolute Gasteiger partial charge is 0.319 e. The minimum atomic E-state index is -1.13. The number of nitrogen functional groups attached to an aromatic ring is 1. The highest BCUT2D eigenvalue weighted by molar-refractivity contribution is 7.13. The molecule has 55 heavy (non-hydrogen) atoms. The maximum Gasteiger partial charge on any atom is 0.319 e. The number of rotatable bonds is 19. The number of ether oxygens (including phenoxy) is 1. The van der Waals surface area contributed by atoms with E-state index in [0.717, 1.165) is 57.8 Å². The zero-order chi connectivity index (χ0) is 39.9. The lowest BCUT2D eigenvalue weighted by Crippen LogP contribution is -2.55. The topological polar surface area (TPSA) is 182 Å². The molecule has 3 aliphatic rings. The Bertz CT molecular complexity index is 1350. The van der Waals surface area contributed by atoms with Crippen LogP contribution in [0.15, 0.2) is 5.38 Å². The summed E-state index contributed by atoms with van der Waals surface area (Å²) in [5, 5.41) is 28.2. The predicted octanol–water partition coefficient (Wildman–Crippen LogP) is 3.75. The molecule has 0 unspecified atom stereocenters. The van der Waals surface area contributed by atoms with E-state index in [1.54, 1.807) is 29.3 Å². The fourth-order valence-electron chi connectivity index (χ4n) is 8.40. The van der Waals surface area contributed by atoms with Crippen LogP contribution in [0.4, 0.5) is 9.93 Å². The molecule has 1 aliphatic heterocycles. The van der Waals surface area contributed by atoms with Crippen molar-refractivity contribution in [2.45, 2.75) is 122 Å². The number of nitrogens with zero attached hydrogens (tertiary/aromatic N) is 5. The Morgan fingerprint density at radius 3 is 2.18 bits per heavy atom. The number of aliphatic hydroxyl groups is 2. The summed E-state index contributed by atoms with van der Waals surface area (Å²) >= 11 is 1.28. The molecule has 5 amide bonds. The number of anilines is 1. The van der Waals surface area contributed by atoms with Crippen LogP contribution in [0, 0.1) is 23.7 Å². The van der Waals surface area contributed by atoms with Gasteiger partial charge in [-0.2, -0.15) is 0 Å². The van der Waals surface area contributed by atoms with Crippen LogP contribution in [-0.2, 0) is 25.5 Å². The Morgan fingerprint density at radius 2 is 1.58 bits per heavy atom. The second-order valence-electron chi connectivity index (χ2n) is 16.7. The number of hydrogen-bond donors (Lipinski definition) is 4. The third-order valence-corrected chi connectivity index (χ3v) is 12.4. The van der Waals surface area contributed by atoms with Crippen molar-refractivity contribution in [3.63, 3.8) is 0 Å². The van der Waals surface area contributed by atoms with Gasteiger partial charge in [-0.25, -0.2) is 9.78 Å². The van der Waals surface area contributed by atoms with Crippen molar-refractivity contribution in [2.24, 2.45) is 23.7 Å². The quantitative estimate of drug-likeness (QED) is 0.162. The normalized spacial score (nSPS) is 19.4. The highest BCUT2D eigenvalue weighted by Crippen LogP contribution is 2.34. The summed E-state index contributed by atoms with van der Waals surface area (Å²) in [4.78, 5) is 65.6. The summed E-state index contributed by atoms with van der Waals surface area (Å²) in [7, 11) is 3.33. The van der Waals surface area contributed by atoms with E-state index in [-0.39, 0.29) is 55.6 Å². The molecule has 0 aromatic carbocycles.